The minimum absolute atomic E-state index is 0.406. The standard InChI is InChI=1S/C12H14N2O2/c1-8-3-4-10-7-14(13-11(10)5-8)6-9(2)12(15)16/h3-5,7,9H,6H2,1-2H3,(H,15,16). The molecule has 0 saturated heterocycles. The number of hydrogen-bond donors (Lipinski definition) is 1. The topological polar surface area (TPSA) is 55.1 Å². The monoisotopic (exact) mass is 218 g/mol. The van der Waals surface area contributed by atoms with E-state index in [4.69, 9.17) is 5.11 Å². The molecule has 1 unspecified atom stereocenters. The maximum Gasteiger partial charge on any atom is 0.308 e. The van der Waals surface area contributed by atoms with Crippen molar-refractivity contribution in [3.05, 3.63) is 30.0 Å². The predicted molar refractivity (Wildman–Crippen MR) is 61.3 cm³/mol. The third-order valence-electron chi connectivity index (χ3n) is 2.59. The van der Waals surface area contributed by atoms with Crippen molar-refractivity contribution in [3.8, 4) is 0 Å². The van der Waals surface area contributed by atoms with E-state index in [2.05, 4.69) is 5.10 Å². The van der Waals surface area contributed by atoms with E-state index in [9.17, 15) is 4.79 Å². The summed E-state index contributed by atoms with van der Waals surface area (Å²) in [5, 5.41) is 14.2. The lowest BCUT2D eigenvalue weighted by Crippen LogP contribution is -2.16. The number of carbonyl (C=O) groups is 1. The molecule has 1 atom stereocenters. The Kier molecular flexibility index (Phi) is 2.64. The van der Waals surface area contributed by atoms with Crippen molar-refractivity contribution in [2.24, 2.45) is 5.92 Å². The first-order valence-corrected chi connectivity index (χ1v) is 5.23. The van der Waals surface area contributed by atoms with Gasteiger partial charge in [-0.2, -0.15) is 5.10 Å². The molecule has 0 radical (unpaired) electrons. The smallest absolute Gasteiger partial charge is 0.308 e. The van der Waals surface area contributed by atoms with Crippen molar-refractivity contribution >= 4 is 16.9 Å². The van der Waals surface area contributed by atoms with Crippen LogP contribution < -0.4 is 0 Å². The normalized spacial score (nSPS) is 12.9. The molecule has 4 nitrogen and oxygen atoms in total. The van der Waals surface area contributed by atoms with Crippen LogP contribution >= 0.6 is 0 Å². The summed E-state index contributed by atoms with van der Waals surface area (Å²) in [4.78, 5) is 10.7. The van der Waals surface area contributed by atoms with Crippen molar-refractivity contribution in [3.63, 3.8) is 0 Å². The van der Waals surface area contributed by atoms with Gasteiger partial charge in [-0.15, -0.1) is 0 Å². The maximum absolute atomic E-state index is 10.7. The van der Waals surface area contributed by atoms with Gasteiger partial charge in [0.25, 0.3) is 0 Å². The van der Waals surface area contributed by atoms with Gasteiger partial charge in [0.05, 0.1) is 18.0 Å². The minimum atomic E-state index is -0.796. The molecule has 84 valence electrons. The van der Waals surface area contributed by atoms with Gasteiger partial charge in [0.15, 0.2) is 0 Å². The van der Waals surface area contributed by atoms with Crippen LogP contribution in [0.3, 0.4) is 0 Å². The molecule has 1 heterocycles. The third kappa shape index (κ3) is 2.05. The zero-order chi connectivity index (χ0) is 11.7. The van der Waals surface area contributed by atoms with Gasteiger partial charge in [-0.05, 0) is 18.6 Å². The summed E-state index contributed by atoms with van der Waals surface area (Å²) in [6.45, 7) is 4.10. The van der Waals surface area contributed by atoms with Crippen LogP contribution in [0.4, 0.5) is 0 Å². The highest BCUT2D eigenvalue weighted by molar-refractivity contribution is 5.78. The molecule has 16 heavy (non-hydrogen) atoms. The summed E-state index contributed by atoms with van der Waals surface area (Å²) in [5.41, 5.74) is 2.07. The number of benzene rings is 1. The molecule has 0 aliphatic carbocycles. The van der Waals surface area contributed by atoms with Crippen LogP contribution in [0.15, 0.2) is 24.4 Å². The van der Waals surface area contributed by atoms with Crippen LogP contribution in [0.25, 0.3) is 10.9 Å². The molecule has 2 rings (SSSR count). The van der Waals surface area contributed by atoms with Gasteiger partial charge in [0.1, 0.15) is 0 Å². The van der Waals surface area contributed by atoms with E-state index in [0.29, 0.717) is 6.54 Å². The molecule has 0 fully saturated rings. The Morgan fingerprint density at radius 2 is 2.31 bits per heavy atom. The van der Waals surface area contributed by atoms with Gasteiger partial charge in [-0.3, -0.25) is 9.48 Å². The lowest BCUT2D eigenvalue weighted by molar-refractivity contribution is -0.141. The van der Waals surface area contributed by atoms with E-state index in [1.807, 2.05) is 31.3 Å². The summed E-state index contributed by atoms with van der Waals surface area (Å²) in [6.07, 6.45) is 1.88. The molecular weight excluding hydrogens is 204 g/mol. The van der Waals surface area contributed by atoms with Gasteiger partial charge < -0.3 is 5.11 Å². The number of nitrogens with zero attached hydrogens (tertiary/aromatic N) is 2. The molecule has 2 aromatic rings. The van der Waals surface area contributed by atoms with Crippen LogP contribution in [-0.2, 0) is 11.3 Å². The molecule has 0 saturated carbocycles. The number of aliphatic carboxylic acids is 1. The Hall–Kier alpha value is -1.84. The summed E-state index contributed by atoms with van der Waals surface area (Å²) in [5.74, 6) is -1.22. The highest BCUT2D eigenvalue weighted by atomic mass is 16.4. The first-order chi connectivity index (χ1) is 7.56. The van der Waals surface area contributed by atoms with Crippen molar-refractivity contribution in [2.75, 3.05) is 0 Å². The molecule has 1 N–H and O–H groups in total. The van der Waals surface area contributed by atoms with Crippen molar-refractivity contribution in [1.29, 1.82) is 0 Å². The average Bonchev–Trinajstić information content (AvgIpc) is 2.58. The second-order valence-electron chi connectivity index (χ2n) is 4.15. The molecule has 1 aromatic heterocycles. The molecule has 0 bridgehead atoms. The molecular formula is C12H14N2O2. The maximum atomic E-state index is 10.7. The first-order valence-electron chi connectivity index (χ1n) is 5.23. The summed E-state index contributed by atoms with van der Waals surface area (Å²) >= 11 is 0. The fraction of sp³-hybridized carbons (Fsp3) is 0.333. The summed E-state index contributed by atoms with van der Waals surface area (Å²) in [6, 6.07) is 6.02. The van der Waals surface area contributed by atoms with Crippen LogP contribution in [0.2, 0.25) is 0 Å². The Labute approximate surface area is 93.5 Å². The lowest BCUT2D eigenvalue weighted by Gasteiger charge is -2.04. The first kappa shape index (κ1) is 10.7. The lowest BCUT2D eigenvalue weighted by atomic mass is 10.2. The van der Waals surface area contributed by atoms with Crippen molar-refractivity contribution in [1.82, 2.24) is 9.78 Å². The van der Waals surface area contributed by atoms with Gasteiger partial charge in [0, 0.05) is 11.6 Å². The zero-order valence-electron chi connectivity index (χ0n) is 9.34. The van der Waals surface area contributed by atoms with E-state index < -0.39 is 11.9 Å². The average molecular weight is 218 g/mol. The van der Waals surface area contributed by atoms with Crippen LogP contribution in [0.1, 0.15) is 12.5 Å². The molecule has 0 spiro atoms. The number of rotatable bonds is 3. The SMILES string of the molecule is Cc1ccc2cn(CC(C)C(=O)O)nc2c1. The quantitative estimate of drug-likeness (QED) is 0.858. The molecule has 0 amide bonds. The second-order valence-corrected chi connectivity index (χ2v) is 4.15. The van der Waals surface area contributed by atoms with E-state index in [0.717, 1.165) is 16.5 Å². The van der Waals surface area contributed by atoms with Gasteiger partial charge >= 0.3 is 5.97 Å². The Balaban J connectivity index is 2.29. The second kappa shape index (κ2) is 3.96. The Morgan fingerprint density at radius 3 is 3.00 bits per heavy atom. The third-order valence-corrected chi connectivity index (χ3v) is 2.59. The van der Waals surface area contributed by atoms with Gasteiger partial charge in [0.2, 0.25) is 0 Å². The number of carboxylic acids is 1. The molecule has 1 aromatic carbocycles. The van der Waals surface area contributed by atoms with E-state index >= 15 is 0 Å². The summed E-state index contributed by atoms with van der Waals surface area (Å²) < 4.78 is 1.70. The molecule has 4 heteroatoms. The number of carboxylic acid groups (broad SMARTS) is 1. The fourth-order valence-electron chi connectivity index (χ4n) is 1.63. The van der Waals surface area contributed by atoms with Crippen LogP contribution in [0.5, 0.6) is 0 Å². The van der Waals surface area contributed by atoms with Gasteiger partial charge in [-0.25, -0.2) is 0 Å². The Bertz CT molecular complexity index is 531. The number of fused-ring (bicyclic) bond motifs is 1. The number of aryl methyl sites for hydroxylation is 1. The van der Waals surface area contributed by atoms with Crippen molar-refractivity contribution in [2.45, 2.75) is 20.4 Å². The van der Waals surface area contributed by atoms with E-state index in [1.165, 1.54) is 0 Å². The van der Waals surface area contributed by atoms with E-state index in [-0.39, 0.29) is 0 Å². The number of hydrogen-bond acceptors (Lipinski definition) is 2. The van der Waals surface area contributed by atoms with Crippen LogP contribution in [-0.4, -0.2) is 20.9 Å². The zero-order valence-corrected chi connectivity index (χ0v) is 9.34. The largest absolute Gasteiger partial charge is 0.481 e. The summed E-state index contributed by atoms with van der Waals surface area (Å²) in [7, 11) is 0. The molecule has 0 aliphatic rings. The van der Waals surface area contributed by atoms with Crippen LogP contribution in [0, 0.1) is 12.8 Å². The highest BCUT2D eigenvalue weighted by Crippen LogP contribution is 2.14. The molecule has 0 aliphatic heterocycles. The minimum Gasteiger partial charge on any atom is -0.481 e. The van der Waals surface area contributed by atoms with Gasteiger partial charge in [-0.1, -0.05) is 19.1 Å². The Morgan fingerprint density at radius 1 is 1.56 bits per heavy atom. The van der Waals surface area contributed by atoms with Crippen molar-refractivity contribution < 1.29 is 9.90 Å². The fourth-order valence-corrected chi connectivity index (χ4v) is 1.63. The van der Waals surface area contributed by atoms with E-state index in [1.54, 1.807) is 11.6 Å². The number of aromatic nitrogens is 2. The predicted octanol–water partition coefficient (Wildman–Crippen LogP) is 2.07. The highest BCUT2D eigenvalue weighted by Gasteiger charge is 2.12.